The highest BCUT2D eigenvalue weighted by Crippen LogP contribution is 2.21. The number of nitrogens with one attached hydrogen (secondary N) is 1. The minimum atomic E-state index is -0.223. The van der Waals surface area contributed by atoms with Crippen LogP contribution in [0.2, 0.25) is 0 Å². The van der Waals surface area contributed by atoms with Crippen LogP contribution in [-0.4, -0.2) is 64.9 Å². The van der Waals surface area contributed by atoms with Crippen molar-refractivity contribution in [1.82, 2.24) is 20.1 Å². The van der Waals surface area contributed by atoms with Crippen LogP contribution >= 0.6 is 0 Å². The van der Waals surface area contributed by atoms with Gasteiger partial charge in [-0.05, 0) is 45.4 Å². The number of pyridine rings is 1. The highest BCUT2D eigenvalue weighted by molar-refractivity contribution is 5.94. The minimum absolute atomic E-state index is 0.0748. The standard InChI is InChI=1S/C19H27N5O2/c1-4-9-24-13-16(10-17(24)19(26)23(5-2)6-3)22-18(25)14-7-8-15(11-20)21-12-14/h7-8,12,16-17H,4-6,9-10,13H2,1-3H3,(H,22,25)/t16-,17+/m1/s1. The maximum Gasteiger partial charge on any atom is 0.253 e. The Bertz CT molecular complexity index is 664. The van der Waals surface area contributed by atoms with Crippen LogP contribution < -0.4 is 5.32 Å². The summed E-state index contributed by atoms with van der Waals surface area (Å²) in [5.74, 6) is -0.0837. The summed E-state index contributed by atoms with van der Waals surface area (Å²) in [5, 5.41) is 11.8. The molecular formula is C19H27N5O2. The highest BCUT2D eigenvalue weighted by atomic mass is 16.2. The van der Waals surface area contributed by atoms with Gasteiger partial charge in [0.2, 0.25) is 5.91 Å². The Kier molecular flexibility index (Phi) is 7.10. The second-order valence-corrected chi connectivity index (χ2v) is 6.47. The topological polar surface area (TPSA) is 89.3 Å². The van der Waals surface area contributed by atoms with Gasteiger partial charge in [-0.15, -0.1) is 0 Å². The zero-order valence-corrected chi connectivity index (χ0v) is 15.7. The van der Waals surface area contributed by atoms with E-state index in [4.69, 9.17) is 5.26 Å². The molecule has 140 valence electrons. The molecule has 7 nitrogen and oxygen atoms in total. The van der Waals surface area contributed by atoms with Crippen LogP contribution in [0.15, 0.2) is 18.3 Å². The first-order valence-electron chi connectivity index (χ1n) is 9.23. The molecule has 2 rings (SSSR count). The van der Waals surface area contributed by atoms with E-state index in [0.717, 1.165) is 13.0 Å². The van der Waals surface area contributed by atoms with Crippen LogP contribution in [0.4, 0.5) is 0 Å². The van der Waals surface area contributed by atoms with E-state index in [-0.39, 0.29) is 29.6 Å². The summed E-state index contributed by atoms with van der Waals surface area (Å²) < 4.78 is 0. The van der Waals surface area contributed by atoms with Crippen molar-refractivity contribution < 1.29 is 9.59 Å². The molecule has 2 amide bonds. The zero-order chi connectivity index (χ0) is 19.1. The van der Waals surface area contributed by atoms with Crippen LogP contribution in [0.1, 0.15) is 49.7 Å². The second-order valence-electron chi connectivity index (χ2n) is 6.47. The van der Waals surface area contributed by atoms with Crippen LogP contribution in [-0.2, 0) is 4.79 Å². The van der Waals surface area contributed by atoms with E-state index in [1.54, 1.807) is 6.07 Å². The third-order valence-electron chi connectivity index (χ3n) is 4.75. The number of amides is 2. The van der Waals surface area contributed by atoms with E-state index in [0.29, 0.717) is 31.6 Å². The Balaban J connectivity index is 2.04. The summed E-state index contributed by atoms with van der Waals surface area (Å²) in [6, 6.07) is 4.80. The smallest absolute Gasteiger partial charge is 0.253 e. The fourth-order valence-electron chi connectivity index (χ4n) is 3.41. The number of hydrogen-bond acceptors (Lipinski definition) is 5. The number of hydrogen-bond donors (Lipinski definition) is 1. The number of carbonyl (C=O) groups is 2. The average molecular weight is 357 g/mol. The maximum atomic E-state index is 12.8. The first-order valence-corrected chi connectivity index (χ1v) is 9.23. The molecule has 1 aromatic heterocycles. The molecule has 1 saturated heterocycles. The van der Waals surface area contributed by atoms with E-state index in [1.807, 2.05) is 24.8 Å². The SMILES string of the molecule is CCCN1C[C@H](NC(=O)c2ccc(C#N)nc2)C[C@H]1C(=O)N(CC)CC. The van der Waals surface area contributed by atoms with Gasteiger partial charge >= 0.3 is 0 Å². The Morgan fingerprint density at radius 2 is 2.08 bits per heavy atom. The molecule has 1 fully saturated rings. The Labute approximate surface area is 155 Å². The largest absolute Gasteiger partial charge is 0.348 e. The maximum absolute atomic E-state index is 12.8. The van der Waals surface area contributed by atoms with Gasteiger partial charge in [0.05, 0.1) is 11.6 Å². The molecule has 0 aromatic carbocycles. The number of likely N-dealkylation sites (tertiary alicyclic amines) is 1. The van der Waals surface area contributed by atoms with Gasteiger partial charge in [-0.1, -0.05) is 6.92 Å². The molecule has 26 heavy (non-hydrogen) atoms. The van der Waals surface area contributed by atoms with E-state index in [1.165, 1.54) is 12.3 Å². The van der Waals surface area contributed by atoms with Gasteiger partial charge in [-0.25, -0.2) is 4.98 Å². The molecule has 0 aliphatic carbocycles. The average Bonchev–Trinajstić information content (AvgIpc) is 3.05. The van der Waals surface area contributed by atoms with Crippen molar-refractivity contribution >= 4 is 11.8 Å². The number of nitrogens with zero attached hydrogens (tertiary/aromatic N) is 4. The van der Waals surface area contributed by atoms with E-state index >= 15 is 0 Å². The summed E-state index contributed by atoms with van der Waals surface area (Å²) in [6.45, 7) is 8.95. The van der Waals surface area contributed by atoms with E-state index in [9.17, 15) is 9.59 Å². The molecule has 2 atom stereocenters. The molecule has 1 aromatic rings. The second kappa shape index (κ2) is 9.30. The summed E-state index contributed by atoms with van der Waals surface area (Å²) in [6.07, 6.45) is 2.98. The normalized spacial score (nSPS) is 19.8. The number of rotatable bonds is 7. The summed E-state index contributed by atoms with van der Waals surface area (Å²) in [7, 11) is 0. The Morgan fingerprint density at radius 3 is 2.62 bits per heavy atom. The van der Waals surface area contributed by atoms with Crippen molar-refractivity contribution in [2.24, 2.45) is 0 Å². The molecule has 0 spiro atoms. The molecule has 7 heteroatoms. The van der Waals surface area contributed by atoms with E-state index in [2.05, 4.69) is 22.1 Å². The zero-order valence-electron chi connectivity index (χ0n) is 15.7. The third-order valence-corrected chi connectivity index (χ3v) is 4.75. The molecular weight excluding hydrogens is 330 g/mol. The molecule has 0 bridgehead atoms. The predicted octanol–water partition coefficient (Wildman–Crippen LogP) is 1.40. The number of likely N-dealkylation sites (N-methyl/N-ethyl adjacent to an activating group) is 1. The first-order chi connectivity index (χ1) is 12.5. The van der Waals surface area contributed by atoms with Gasteiger partial charge in [0.1, 0.15) is 11.8 Å². The lowest BCUT2D eigenvalue weighted by Gasteiger charge is -2.28. The van der Waals surface area contributed by atoms with Gasteiger partial charge in [-0.3, -0.25) is 14.5 Å². The highest BCUT2D eigenvalue weighted by Gasteiger charge is 2.38. The molecule has 1 aliphatic rings. The number of aromatic nitrogens is 1. The van der Waals surface area contributed by atoms with Crippen LogP contribution in [0.3, 0.4) is 0 Å². The minimum Gasteiger partial charge on any atom is -0.348 e. The fourth-order valence-corrected chi connectivity index (χ4v) is 3.41. The van der Waals surface area contributed by atoms with Gasteiger partial charge < -0.3 is 10.2 Å². The van der Waals surface area contributed by atoms with Gasteiger partial charge in [0, 0.05) is 31.9 Å². The summed E-state index contributed by atoms with van der Waals surface area (Å²) >= 11 is 0. The molecule has 0 saturated carbocycles. The lowest BCUT2D eigenvalue weighted by molar-refractivity contribution is -0.135. The lowest BCUT2D eigenvalue weighted by atomic mass is 10.1. The van der Waals surface area contributed by atoms with Crippen LogP contribution in [0.5, 0.6) is 0 Å². The number of carbonyl (C=O) groups excluding carboxylic acids is 2. The van der Waals surface area contributed by atoms with Crippen molar-refractivity contribution in [2.75, 3.05) is 26.2 Å². The van der Waals surface area contributed by atoms with Crippen molar-refractivity contribution in [1.29, 1.82) is 5.26 Å². The van der Waals surface area contributed by atoms with Gasteiger partial charge in [0.25, 0.3) is 5.91 Å². The Morgan fingerprint density at radius 1 is 1.35 bits per heavy atom. The van der Waals surface area contributed by atoms with Crippen molar-refractivity contribution in [3.05, 3.63) is 29.6 Å². The van der Waals surface area contributed by atoms with Crippen LogP contribution in [0, 0.1) is 11.3 Å². The summed E-state index contributed by atoms with van der Waals surface area (Å²) in [5.41, 5.74) is 0.700. The Hall–Kier alpha value is -2.46. The first kappa shape index (κ1) is 19.9. The van der Waals surface area contributed by atoms with Gasteiger partial charge in [0.15, 0.2) is 0 Å². The monoisotopic (exact) mass is 357 g/mol. The van der Waals surface area contributed by atoms with Crippen molar-refractivity contribution in [3.8, 4) is 6.07 Å². The molecule has 1 N–H and O–H groups in total. The molecule has 1 aliphatic heterocycles. The number of nitriles is 1. The lowest BCUT2D eigenvalue weighted by Crippen LogP contribution is -2.45. The summed E-state index contributed by atoms with van der Waals surface area (Å²) in [4.78, 5) is 33.2. The molecule has 2 heterocycles. The fraction of sp³-hybridized carbons (Fsp3) is 0.579. The molecule has 0 unspecified atom stereocenters. The van der Waals surface area contributed by atoms with Gasteiger partial charge in [-0.2, -0.15) is 5.26 Å². The predicted molar refractivity (Wildman–Crippen MR) is 98.4 cm³/mol. The van der Waals surface area contributed by atoms with E-state index < -0.39 is 0 Å². The molecule has 0 radical (unpaired) electrons. The van der Waals surface area contributed by atoms with Crippen LogP contribution in [0.25, 0.3) is 0 Å². The third kappa shape index (κ3) is 4.58. The van der Waals surface area contributed by atoms with Crippen molar-refractivity contribution in [2.45, 2.75) is 45.7 Å². The quantitative estimate of drug-likeness (QED) is 0.797. The van der Waals surface area contributed by atoms with Crippen molar-refractivity contribution in [3.63, 3.8) is 0 Å².